The van der Waals surface area contributed by atoms with Crippen LogP contribution in [0.25, 0.3) is 17.0 Å². The maximum atomic E-state index is 12.8. The number of aromatic nitrogens is 4. The monoisotopic (exact) mass is 374 g/mol. The first-order valence-electron chi connectivity index (χ1n) is 5.81. The van der Waals surface area contributed by atoms with Crippen molar-refractivity contribution in [1.82, 2.24) is 19.7 Å². The maximum absolute atomic E-state index is 12.8. The first kappa shape index (κ1) is 14.6. The highest BCUT2D eigenvalue weighted by Gasteiger charge is 2.39. The van der Waals surface area contributed by atoms with E-state index in [0.29, 0.717) is 11.0 Å². The third-order valence-corrected chi connectivity index (χ3v) is 3.35. The molecule has 0 bridgehead atoms. The molecular formula is C12H6BrF3N4O2. The van der Waals surface area contributed by atoms with Gasteiger partial charge < -0.3 is 10.1 Å². The topological polar surface area (TPSA) is 83.8 Å². The van der Waals surface area contributed by atoms with Crippen LogP contribution in [0.4, 0.5) is 13.2 Å². The van der Waals surface area contributed by atoms with Crippen molar-refractivity contribution in [3.8, 4) is 5.95 Å². The van der Waals surface area contributed by atoms with Gasteiger partial charge in [-0.25, -0.2) is 14.5 Å². The number of aromatic amines is 1. The molecule has 2 heterocycles. The molecule has 1 aromatic carbocycles. The number of rotatable bonds is 2. The number of hydrogen-bond acceptors (Lipinski definition) is 3. The summed E-state index contributed by atoms with van der Waals surface area (Å²) >= 11 is 3.26. The van der Waals surface area contributed by atoms with E-state index in [1.165, 1.54) is 0 Å². The van der Waals surface area contributed by atoms with Gasteiger partial charge in [-0.3, -0.25) is 0 Å². The van der Waals surface area contributed by atoms with Gasteiger partial charge in [0.2, 0.25) is 5.95 Å². The van der Waals surface area contributed by atoms with Gasteiger partial charge in [-0.2, -0.15) is 18.3 Å². The first-order valence-corrected chi connectivity index (χ1v) is 6.61. The van der Waals surface area contributed by atoms with E-state index in [0.717, 1.165) is 15.4 Å². The Morgan fingerprint density at radius 2 is 2.09 bits per heavy atom. The second kappa shape index (κ2) is 4.83. The number of benzene rings is 1. The fourth-order valence-corrected chi connectivity index (χ4v) is 2.29. The molecule has 3 aromatic rings. The largest absolute Gasteiger partial charge is 0.478 e. The van der Waals surface area contributed by atoms with E-state index in [2.05, 4.69) is 31.0 Å². The molecule has 2 aromatic heterocycles. The lowest BCUT2D eigenvalue weighted by Gasteiger charge is -2.02. The molecular weight excluding hydrogens is 369 g/mol. The fraction of sp³-hybridized carbons (Fsp3) is 0.0833. The summed E-state index contributed by atoms with van der Waals surface area (Å²) < 4.78 is 40.0. The Balaban J connectivity index is 2.16. The normalized spacial score (nSPS) is 12.0. The molecule has 0 aliphatic rings. The second-order valence-electron chi connectivity index (χ2n) is 4.36. The molecule has 0 fully saturated rings. The molecule has 3 rings (SSSR count). The van der Waals surface area contributed by atoms with Crippen LogP contribution in [0, 0.1) is 0 Å². The molecule has 22 heavy (non-hydrogen) atoms. The highest BCUT2D eigenvalue weighted by Crippen LogP contribution is 2.31. The van der Waals surface area contributed by atoms with Gasteiger partial charge in [-0.05, 0) is 18.2 Å². The van der Waals surface area contributed by atoms with Crippen LogP contribution in [0.1, 0.15) is 16.1 Å². The quantitative estimate of drug-likeness (QED) is 0.721. The van der Waals surface area contributed by atoms with Crippen molar-refractivity contribution in [2.75, 3.05) is 0 Å². The number of alkyl halides is 3. The van der Waals surface area contributed by atoms with Crippen LogP contribution in [-0.4, -0.2) is 30.8 Å². The Bertz CT molecular complexity index is 884. The predicted octanol–water partition coefficient (Wildman–Crippen LogP) is 3.23. The molecule has 0 atom stereocenters. The first-order chi connectivity index (χ1) is 10.3. The highest BCUT2D eigenvalue weighted by molar-refractivity contribution is 9.10. The van der Waals surface area contributed by atoms with E-state index < -0.39 is 23.4 Å². The zero-order valence-corrected chi connectivity index (χ0v) is 12.1. The lowest BCUT2D eigenvalue weighted by atomic mass is 10.2. The minimum atomic E-state index is -4.87. The number of imidazole rings is 1. The fourth-order valence-electron chi connectivity index (χ4n) is 1.93. The molecule has 0 saturated heterocycles. The average Bonchev–Trinajstić information content (AvgIpc) is 3.00. The van der Waals surface area contributed by atoms with E-state index in [1.54, 1.807) is 18.2 Å². The summed E-state index contributed by atoms with van der Waals surface area (Å²) in [7, 11) is 0. The molecule has 0 radical (unpaired) electrons. The number of aromatic carboxylic acids is 1. The maximum Gasteiger partial charge on any atom is 0.436 e. The Kier molecular flexibility index (Phi) is 3.20. The third kappa shape index (κ3) is 2.45. The van der Waals surface area contributed by atoms with E-state index in [1.807, 2.05) is 0 Å². The Morgan fingerprint density at radius 1 is 1.36 bits per heavy atom. The van der Waals surface area contributed by atoms with Crippen molar-refractivity contribution < 1.29 is 23.1 Å². The smallest absolute Gasteiger partial charge is 0.436 e. The van der Waals surface area contributed by atoms with Gasteiger partial charge in [0.05, 0.1) is 11.0 Å². The van der Waals surface area contributed by atoms with Gasteiger partial charge in [0.25, 0.3) is 0 Å². The number of nitrogens with zero attached hydrogens (tertiary/aromatic N) is 3. The predicted molar refractivity (Wildman–Crippen MR) is 72.9 cm³/mol. The Morgan fingerprint density at radius 3 is 2.68 bits per heavy atom. The molecule has 0 aliphatic heterocycles. The van der Waals surface area contributed by atoms with E-state index >= 15 is 0 Å². The van der Waals surface area contributed by atoms with Gasteiger partial charge in [0, 0.05) is 10.7 Å². The number of halogens is 4. The van der Waals surface area contributed by atoms with Crippen molar-refractivity contribution in [2.45, 2.75) is 6.18 Å². The van der Waals surface area contributed by atoms with Crippen molar-refractivity contribution in [1.29, 1.82) is 0 Å². The zero-order chi connectivity index (χ0) is 16.1. The van der Waals surface area contributed by atoms with Crippen LogP contribution < -0.4 is 0 Å². The summed E-state index contributed by atoms with van der Waals surface area (Å²) in [5.74, 6) is -1.72. The number of fused-ring (bicyclic) bond motifs is 1. The average molecular weight is 375 g/mol. The van der Waals surface area contributed by atoms with Crippen molar-refractivity contribution >= 4 is 32.9 Å². The molecule has 6 nitrogen and oxygen atoms in total. The van der Waals surface area contributed by atoms with Crippen molar-refractivity contribution in [3.05, 3.63) is 40.1 Å². The number of H-pyrrole nitrogens is 1. The SMILES string of the molecule is O=C(O)c1cn(-c2nc3ccc(Br)cc3[nH]2)nc1C(F)(F)F. The number of hydrogen-bond donors (Lipinski definition) is 2. The summed E-state index contributed by atoms with van der Waals surface area (Å²) in [5, 5.41) is 12.2. The number of carboxylic acids is 1. The summed E-state index contributed by atoms with van der Waals surface area (Å²) in [6.07, 6.45) is -4.09. The lowest BCUT2D eigenvalue weighted by Crippen LogP contribution is -2.12. The number of carboxylic acid groups (broad SMARTS) is 1. The van der Waals surface area contributed by atoms with E-state index in [4.69, 9.17) is 5.11 Å². The van der Waals surface area contributed by atoms with Crippen LogP contribution in [0.3, 0.4) is 0 Å². The molecule has 0 spiro atoms. The van der Waals surface area contributed by atoms with Crippen LogP contribution in [0.2, 0.25) is 0 Å². The minimum Gasteiger partial charge on any atom is -0.478 e. The number of carbonyl (C=O) groups is 1. The molecule has 0 aliphatic carbocycles. The van der Waals surface area contributed by atoms with Gasteiger partial charge in [-0.15, -0.1) is 0 Å². The summed E-state index contributed by atoms with van der Waals surface area (Å²) in [6, 6.07) is 5.07. The highest BCUT2D eigenvalue weighted by atomic mass is 79.9. The van der Waals surface area contributed by atoms with E-state index in [-0.39, 0.29) is 5.95 Å². The minimum absolute atomic E-state index is 0.00824. The molecule has 0 unspecified atom stereocenters. The van der Waals surface area contributed by atoms with Crippen LogP contribution >= 0.6 is 15.9 Å². The van der Waals surface area contributed by atoms with Crippen LogP contribution in [-0.2, 0) is 6.18 Å². The van der Waals surface area contributed by atoms with Gasteiger partial charge >= 0.3 is 12.1 Å². The molecule has 2 N–H and O–H groups in total. The Hall–Kier alpha value is -2.36. The van der Waals surface area contributed by atoms with Crippen LogP contribution in [0.15, 0.2) is 28.9 Å². The summed E-state index contributed by atoms with van der Waals surface area (Å²) in [6.45, 7) is 0. The Labute approximate surface area is 128 Å². The standard InChI is InChI=1S/C12H6BrF3N4O2/c13-5-1-2-7-8(3-5)18-11(17-7)20-4-6(10(21)22)9(19-20)12(14,15)16/h1-4H,(H,17,18)(H,21,22). The van der Waals surface area contributed by atoms with Gasteiger partial charge in [-0.1, -0.05) is 15.9 Å². The number of nitrogens with one attached hydrogen (secondary N) is 1. The second-order valence-corrected chi connectivity index (χ2v) is 5.28. The van der Waals surface area contributed by atoms with Crippen LogP contribution in [0.5, 0.6) is 0 Å². The zero-order valence-electron chi connectivity index (χ0n) is 10.5. The molecule has 0 saturated carbocycles. The molecule has 10 heteroatoms. The van der Waals surface area contributed by atoms with Crippen molar-refractivity contribution in [3.63, 3.8) is 0 Å². The summed E-state index contributed by atoms with van der Waals surface area (Å²) in [5.41, 5.74) is -1.32. The third-order valence-electron chi connectivity index (χ3n) is 2.86. The van der Waals surface area contributed by atoms with Gasteiger partial charge in [0.15, 0.2) is 5.69 Å². The van der Waals surface area contributed by atoms with Crippen molar-refractivity contribution in [2.24, 2.45) is 0 Å². The van der Waals surface area contributed by atoms with E-state index in [9.17, 15) is 18.0 Å². The lowest BCUT2D eigenvalue weighted by molar-refractivity contribution is -0.141. The summed E-state index contributed by atoms with van der Waals surface area (Å²) in [4.78, 5) is 17.8. The van der Waals surface area contributed by atoms with Gasteiger partial charge in [0.1, 0.15) is 5.56 Å². The molecule has 0 amide bonds. The molecule has 114 valence electrons.